The van der Waals surface area contributed by atoms with E-state index in [0.29, 0.717) is 13.0 Å². The van der Waals surface area contributed by atoms with Crippen molar-refractivity contribution in [2.45, 2.75) is 70.1 Å². The Morgan fingerprint density at radius 3 is 2.10 bits per heavy atom. The summed E-state index contributed by atoms with van der Waals surface area (Å²) >= 11 is 4.08. The average Bonchev–Trinajstić information content (AvgIpc) is 3.22. The van der Waals surface area contributed by atoms with E-state index >= 15 is 0 Å². The molecule has 0 aromatic carbocycles. The third kappa shape index (κ3) is 9.55. The summed E-state index contributed by atoms with van der Waals surface area (Å²) in [5.41, 5.74) is 0. The van der Waals surface area contributed by atoms with E-state index in [9.17, 15) is 29.1 Å². The lowest BCUT2D eigenvalue weighted by Gasteiger charge is -2.24. The van der Waals surface area contributed by atoms with Crippen LogP contribution in [0.5, 0.6) is 0 Å². The number of amides is 3. The first-order valence-corrected chi connectivity index (χ1v) is 10.9. The van der Waals surface area contributed by atoms with Crippen molar-refractivity contribution in [2.24, 2.45) is 5.92 Å². The number of rotatable bonds is 13. The molecule has 0 aromatic rings. The van der Waals surface area contributed by atoms with Gasteiger partial charge >= 0.3 is 11.9 Å². The van der Waals surface area contributed by atoms with Gasteiger partial charge in [0.05, 0.1) is 6.04 Å². The number of hydrogen-bond donors (Lipinski definition) is 7. The van der Waals surface area contributed by atoms with E-state index in [1.165, 1.54) is 0 Å². The van der Waals surface area contributed by atoms with E-state index in [4.69, 9.17) is 5.11 Å². The molecule has 0 saturated carbocycles. The zero-order valence-corrected chi connectivity index (χ0v) is 18.6. The van der Waals surface area contributed by atoms with Crippen LogP contribution in [-0.2, 0) is 24.0 Å². The molecule has 31 heavy (non-hydrogen) atoms. The molecule has 1 aliphatic rings. The van der Waals surface area contributed by atoms with Crippen LogP contribution in [0.3, 0.4) is 0 Å². The van der Waals surface area contributed by atoms with E-state index in [1.807, 2.05) is 0 Å². The fourth-order valence-electron chi connectivity index (χ4n) is 3.15. The maximum Gasteiger partial charge on any atom is 0.326 e. The second-order valence-electron chi connectivity index (χ2n) is 7.92. The minimum atomic E-state index is -1.28. The van der Waals surface area contributed by atoms with Gasteiger partial charge in [0.25, 0.3) is 0 Å². The van der Waals surface area contributed by atoms with E-state index in [0.717, 1.165) is 6.42 Å². The zero-order chi connectivity index (χ0) is 23.6. The Balaban J connectivity index is 2.83. The van der Waals surface area contributed by atoms with Crippen molar-refractivity contribution in [3.8, 4) is 0 Å². The number of hydrogen-bond acceptors (Lipinski definition) is 7. The highest BCUT2D eigenvalue weighted by Crippen LogP contribution is 2.08. The van der Waals surface area contributed by atoms with Gasteiger partial charge in [-0.2, -0.15) is 12.6 Å². The number of carboxylic acid groups (broad SMARTS) is 2. The molecule has 1 heterocycles. The number of carbonyl (C=O) groups excluding carboxylic acids is 3. The SMILES string of the molecule is CC(C)CC(NC(=O)C(CCC(=O)O)NC(=O)C(CS)NC(=O)C1CCCN1)C(=O)O. The first kappa shape index (κ1) is 26.7. The zero-order valence-electron chi connectivity index (χ0n) is 17.7. The molecule has 0 aliphatic carbocycles. The second-order valence-corrected chi connectivity index (χ2v) is 8.28. The number of carboxylic acids is 2. The van der Waals surface area contributed by atoms with Crippen LogP contribution in [-0.4, -0.2) is 76.3 Å². The van der Waals surface area contributed by atoms with E-state index in [2.05, 4.69) is 33.9 Å². The molecule has 176 valence electrons. The van der Waals surface area contributed by atoms with Crippen molar-refractivity contribution in [2.75, 3.05) is 12.3 Å². The van der Waals surface area contributed by atoms with E-state index < -0.39 is 54.3 Å². The quantitative estimate of drug-likeness (QED) is 0.173. The largest absolute Gasteiger partial charge is 0.481 e. The summed E-state index contributed by atoms with van der Waals surface area (Å²) < 4.78 is 0. The molecule has 4 unspecified atom stereocenters. The van der Waals surface area contributed by atoms with Gasteiger partial charge < -0.3 is 31.5 Å². The second kappa shape index (κ2) is 13.2. The lowest BCUT2D eigenvalue weighted by Crippen LogP contribution is -2.57. The molecule has 11 nitrogen and oxygen atoms in total. The highest BCUT2D eigenvalue weighted by molar-refractivity contribution is 7.80. The molecule has 0 bridgehead atoms. The molecule has 1 saturated heterocycles. The molecular formula is C19H32N4O7S. The lowest BCUT2D eigenvalue weighted by atomic mass is 10.0. The van der Waals surface area contributed by atoms with Crippen molar-refractivity contribution < 1.29 is 34.2 Å². The van der Waals surface area contributed by atoms with Crippen molar-refractivity contribution in [1.29, 1.82) is 0 Å². The summed E-state index contributed by atoms with van der Waals surface area (Å²) in [7, 11) is 0. The summed E-state index contributed by atoms with van der Waals surface area (Å²) in [6.07, 6.45) is 1.00. The highest BCUT2D eigenvalue weighted by atomic mass is 32.1. The van der Waals surface area contributed by atoms with Gasteiger partial charge in [0.15, 0.2) is 0 Å². The van der Waals surface area contributed by atoms with E-state index in [-0.39, 0.29) is 30.4 Å². The molecule has 1 rings (SSSR count). The molecule has 1 fully saturated rings. The van der Waals surface area contributed by atoms with Crippen LogP contribution in [0.15, 0.2) is 0 Å². The highest BCUT2D eigenvalue weighted by Gasteiger charge is 2.31. The van der Waals surface area contributed by atoms with Gasteiger partial charge in [-0.1, -0.05) is 13.8 Å². The summed E-state index contributed by atoms with van der Waals surface area (Å²) in [4.78, 5) is 59.9. The van der Waals surface area contributed by atoms with Crippen molar-refractivity contribution >= 4 is 42.3 Å². The van der Waals surface area contributed by atoms with Gasteiger partial charge in [-0.3, -0.25) is 19.2 Å². The average molecular weight is 461 g/mol. The molecular weight excluding hydrogens is 428 g/mol. The third-order valence-electron chi connectivity index (χ3n) is 4.79. The smallest absolute Gasteiger partial charge is 0.326 e. The van der Waals surface area contributed by atoms with Gasteiger partial charge in [-0.05, 0) is 38.1 Å². The fourth-order valence-corrected chi connectivity index (χ4v) is 3.41. The molecule has 4 atom stereocenters. The Hall–Kier alpha value is -2.34. The Labute approximate surface area is 186 Å². The van der Waals surface area contributed by atoms with Crippen molar-refractivity contribution in [3.05, 3.63) is 0 Å². The van der Waals surface area contributed by atoms with Crippen LogP contribution in [0.4, 0.5) is 0 Å². The third-order valence-corrected chi connectivity index (χ3v) is 5.16. The number of nitrogens with one attached hydrogen (secondary N) is 4. The Bertz CT molecular complexity index is 668. The number of thiol groups is 1. The van der Waals surface area contributed by atoms with Crippen LogP contribution in [0.2, 0.25) is 0 Å². The van der Waals surface area contributed by atoms with Crippen LogP contribution < -0.4 is 21.3 Å². The van der Waals surface area contributed by atoms with Crippen LogP contribution in [0.25, 0.3) is 0 Å². The van der Waals surface area contributed by atoms with Gasteiger partial charge in [0, 0.05) is 12.2 Å². The molecule has 3 amide bonds. The Morgan fingerprint density at radius 1 is 1.00 bits per heavy atom. The van der Waals surface area contributed by atoms with Crippen LogP contribution >= 0.6 is 12.6 Å². The normalized spacial score (nSPS) is 18.6. The summed E-state index contributed by atoms with van der Waals surface area (Å²) in [6, 6.07) is -3.90. The molecule has 0 aromatic heterocycles. The minimum absolute atomic E-state index is 0.0126. The standard InChI is InChI=1S/C19H32N4O7S/c1-10(2)8-13(19(29)30)22-17(27)12(5-6-15(24)25)21-18(28)14(9-31)23-16(26)11-4-3-7-20-11/h10-14,20,31H,3-9H2,1-2H3,(H,21,28)(H,22,27)(H,23,26)(H,24,25)(H,29,30). The lowest BCUT2D eigenvalue weighted by molar-refractivity contribution is -0.143. The predicted octanol–water partition coefficient (Wildman–Crippen LogP) is -0.882. The molecule has 0 spiro atoms. The van der Waals surface area contributed by atoms with Crippen molar-refractivity contribution in [1.82, 2.24) is 21.3 Å². The van der Waals surface area contributed by atoms with E-state index in [1.54, 1.807) is 13.8 Å². The maximum atomic E-state index is 12.6. The van der Waals surface area contributed by atoms with Gasteiger partial charge in [0.1, 0.15) is 18.1 Å². The van der Waals surface area contributed by atoms with Gasteiger partial charge in [0.2, 0.25) is 17.7 Å². The summed E-state index contributed by atoms with van der Waals surface area (Å²) in [5, 5.41) is 28.6. The predicted molar refractivity (Wildman–Crippen MR) is 115 cm³/mol. The minimum Gasteiger partial charge on any atom is -0.481 e. The topological polar surface area (TPSA) is 174 Å². The van der Waals surface area contributed by atoms with Crippen LogP contribution in [0.1, 0.15) is 46.0 Å². The Morgan fingerprint density at radius 2 is 1.61 bits per heavy atom. The monoisotopic (exact) mass is 460 g/mol. The van der Waals surface area contributed by atoms with Gasteiger partial charge in [-0.15, -0.1) is 0 Å². The van der Waals surface area contributed by atoms with Gasteiger partial charge in [-0.25, -0.2) is 4.79 Å². The number of carbonyl (C=O) groups is 5. The Kier molecular flexibility index (Phi) is 11.3. The van der Waals surface area contributed by atoms with Crippen LogP contribution in [0, 0.1) is 5.92 Å². The first-order chi connectivity index (χ1) is 14.5. The fraction of sp³-hybridized carbons (Fsp3) is 0.737. The van der Waals surface area contributed by atoms with Crippen molar-refractivity contribution in [3.63, 3.8) is 0 Å². The molecule has 6 N–H and O–H groups in total. The molecule has 0 radical (unpaired) electrons. The maximum absolute atomic E-state index is 12.6. The summed E-state index contributed by atoms with van der Waals surface area (Å²) in [5.74, 6) is -4.32. The number of aliphatic carboxylic acids is 2. The molecule has 12 heteroatoms. The molecule has 1 aliphatic heterocycles. The first-order valence-electron chi connectivity index (χ1n) is 10.2. The summed E-state index contributed by atoms with van der Waals surface area (Å²) in [6.45, 7) is 4.30.